The quantitative estimate of drug-likeness (QED) is 0.787. The average molecular weight is 349 g/mol. The number of hydrogen-bond donors (Lipinski definition) is 1. The second-order valence-corrected chi connectivity index (χ2v) is 8.49. The van der Waals surface area contributed by atoms with Crippen LogP contribution < -0.4 is 10.1 Å². The van der Waals surface area contributed by atoms with Crippen molar-refractivity contribution in [1.29, 1.82) is 0 Å². The monoisotopic (exact) mass is 349 g/mol. The summed E-state index contributed by atoms with van der Waals surface area (Å²) in [5.41, 5.74) is 1.64. The molecule has 3 heterocycles. The van der Waals surface area contributed by atoms with Crippen molar-refractivity contribution in [3.63, 3.8) is 0 Å². The van der Waals surface area contributed by atoms with Crippen LogP contribution in [-0.2, 0) is 22.8 Å². The van der Waals surface area contributed by atoms with E-state index in [0.29, 0.717) is 22.1 Å². The zero-order valence-electron chi connectivity index (χ0n) is 12.5. The van der Waals surface area contributed by atoms with E-state index in [0.717, 1.165) is 29.7 Å². The first kappa shape index (κ1) is 14.7. The highest BCUT2D eigenvalue weighted by molar-refractivity contribution is 7.93. The first-order valence-electron chi connectivity index (χ1n) is 7.23. The lowest BCUT2D eigenvalue weighted by atomic mass is 10.1. The number of hydrogen-bond acceptors (Lipinski definition) is 6. The maximum Gasteiger partial charge on any atom is 0.216 e. The second kappa shape index (κ2) is 5.36. The molecule has 1 aliphatic heterocycles. The number of fused-ring (bicyclic) bond motifs is 3. The van der Waals surface area contributed by atoms with E-state index in [2.05, 4.69) is 5.32 Å². The van der Waals surface area contributed by atoms with Gasteiger partial charge in [-0.15, -0.1) is 11.3 Å². The fourth-order valence-electron chi connectivity index (χ4n) is 2.89. The molecule has 4 rings (SSSR count). The molecule has 0 aliphatic carbocycles. The van der Waals surface area contributed by atoms with Crippen molar-refractivity contribution in [3.8, 4) is 5.75 Å². The summed E-state index contributed by atoms with van der Waals surface area (Å²) in [6, 6.07) is 6.59. The number of ether oxygens (including phenoxy) is 1. The Kier molecular flexibility index (Phi) is 3.44. The minimum atomic E-state index is -3.55. The van der Waals surface area contributed by atoms with Gasteiger partial charge in [0.15, 0.2) is 11.3 Å². The van der Waals surface area contributed by atoms with Crippen molar-refractivity contribution in [2.75, 3.05) is 13.7 Å². The highest BCUT2D eigenvalue weighted by atomic mass is 32.2. The van der Waals surface area contributed by atoms with Crippen LogP contribution in [0.5, 0.6) is 5.75 Å². The van der Waals surface area contributed by atoms with Crippen molar-refractivity contribution in [2.24, 2.45) is 0 Å². The molecule has 0 spiro atoms. The molecule has 5 nitrogen and oxygen atoms in total. The Hall–Kier alpha value is -1.83. The lowest BCUT2D eigenvalue weighted by Crippen LogP contribution is -2.22. The number of nitrogens with one attached hydrogen (secondary N) is 1. The van der Waals surface area contributed by atoms with Crippen LogP contribution in [0.4, 0.5) is 0 Å². The highest BCUT2D eigenvalue weighted by Crippen LogP contribution is 2.38. The highest BCUT2D eigenvalue weighted by Gasteiger charge is 2.25. The van der Waals surface area contributed by atoms with Gasteiger partial charge in [-0.1, -0.05) is 6.07 Å². The lowest BCUT2D eigenvalue weighted by molar-refractivity contribution is 0.404. The van der Waals surface area contributed by atoms with E-state index in [-0.39, 0.29) is 4.90 Å². The number of methoxy groups -OCH3 is 1. The molecule has 0 unspecified atom stereocenters. The maximum absolute atomic E-state index is 12.8. The van der Waals surface area contributed by atoms with Crippen LogP contribution in [-0.4, -0.2) is 22.1 Å². The van der Waals surface area contributed by atoms with E-state index in [9.17, 15) is 8.42 Å². The van der Waals surface area contributed by atoms with Crippen LogP contribution in [0.2, 0.25) is 0 Å². The summed E-state index contributed by atoms with van der Waals surface area (Å²) in [7, 11) is -2.02. The molecule has 0 saturated carbocycles. The number of rotatable bonds is 3. The van der Waals surface area contributed by atoms with Crippen LogP contribution in [0.25, 0.3) is 11.0 Å². The third kappa shape index (κ3) is 2.27. The Balaban J connectivity index is 1.99. The largest absolute Gasteiger partial charge is 0.493 e. The summed E-state index contributed by atoms with van der Waals surface area (Å²) in [5, 5.41) is 5.86. The van der Waals surface area contributed by atoms with Gasteiger partial charge in [0.05, 0.1) is 12.0 Å². The van der Waals surface area contributed by atoms with Crippen LogP contribution >= 0.6 is 11.3 Å². The standard InChI is InChI=1S/C16H15NO4S2/c1-20-14-8-10(23(18,19)15-3-2-6-22-15)7-11-12-9-17-5-4-13(12)21-16(11)14/h2-3,6-8,17H,4-5,9H2,1H3. The molecule has 0 radical (unpaired) electrons. The second-order valence-electron chi connectivity index (χ2n) is 5.37. The minimum Gasteiger partial charge on any atom is -0.493 e. The van der Waals surface area contributed by atoms with E-state index >= 15 is 0 Å². The van der Waals surface area contributed by atoms with Gasteiger partial charge in [-0.2, -0.15) is 0 Å². The van der Waals surface area contributed by atoms with Gasteiger partial charge >= 0.3 is 0 Å². The Bertz CT molecular complexity index is 971. The third-order valence-electron chi connectivity index (χ3n) is 4.04. The molecule has 2 aromatic heterocycles. The predicted molar refractivity (Wildman–Crippen MR) is 87.9 cm³/mol. The van der Waals surface area contributed by atoms with Crippen LogP contribution in [0.1, 0.15) is 11.3 Å². The molecule has 1 aliphatic rings. The van der Waals surface area contributed by atoms with Gasteiger partial charge in [0.1, 0.15) is 9.97 Å². The molecular weight excluding hydrogens is 334 g/mol. The first-order valence-corrected chi connectivity index (χ1v) is 9.59. The van der Waals surface area contributed by atoms with Gasteiger partial charge < -0.3 is 14.5 Å². The maximum atomic E-state index is 12.8. The summed E-state index contributed by atoms with van der Waals surface area (Å²) in [6.07, 6.45) is 0.792. The van der Waals surface area contributed by atoms with Crippen molar-refractivity contribution in [2.45, 2.75) is 22.1 Å². The van der Waals surface area contributed by atoms with Gasteiger partial charge in [-0.25, -0.2) is 8.42 Å². The van der Waals surface area contributed by atoms with Crippen LogP contribution in [0.3, 0.4) is 0 Å². The van der Waals surface area contributed by atoms with Crippen molar-refractivity contribution < 1.29 is 17.6 Å². The molecule has 0 amide bonds. The molecule has 23 heavy (non-hydrogen) atoms. The van der Waals surface area contributed by atoms with Gasteiger partial charge in [-0.05, 0) is 17.5 Å². The number of furan rings is 1. The van der Waals surface area contributed by atoms with Crippen molar-refractivity contribution in [1.82, 2.24) is 5.32 Å². The first-order chi connectivity index (χ1) is 11.1. The fourth-order valence-corrected chi connectivity index (χ4v) is 5.33. The zero-order valence-corrected chi connectivity index (χ0v) is 14.1. The Labute approximate surface area is 137 Å². The Morgan fingerprint density at radius 2 is 2.22 bits per heavy atom. The number of thiophene rings is 1. The topological polar surface area (TPSA) is 68.5 Å². The van der Waals surface area contributed by atoms with E-state index < -0.39 is 9.84 Å². The summed E-state index contributed by atoms with van der Waals surface area (Å²) in [4.78, 5) is 0.235. The number of sulfone groups is 1. The molecule has 1 aromatic carbocycles. The number of benzene rings is 1. The van der Waals surface area contributed by atoms with Gasteiger partial charge in [0.25, 0.3) is 0 Å². The van der Waals surface area contributed by atoms with Crippen LogP contribution in [0, 0.1) is 0 Å². The molecule has 0 atom stereocenters. The lowest BCUT2D eigenvalue weighted by Gasteiger charge is -2.11. The summed E-state index contributed by atoms with van der Waals surface area (Å²) < 4.78 is 37.2. The normalized spacial score (nSPS) is 14.8. The molecule has 0 bridgehead atoms. The smallest absolute Gasteiger partial charge is 0.216 e. The van der Waals surface area contributed by atoms with Gasteiger partial charge in [0, 0.05) is 36.5 Å². The molecule has 0 fully saturated rings. The molecule has 3 aromatic rings. The fraction of sp³-hybridized carbons (Fsp3) is 0.250. The summed E-state index contributed by atoms with van der Waals surface area (Å²) in [6.45, 7) is 1.53. The molecule has 1 N–H and O–H groups in total. The van der Waals surface area contributed by atoms with Gasteiger partial charge in [0.2, 0.25) is 9.84 Å². The third-order valence-corrected chi connectivity index (χ3v) is 7.17. The van der Waals surface area contributed by atoms with E-state index in [4.69, 9.17) is 9.15 Å². The molecule has 7 heteroatoms. The van der Waals surface area contributed by atoms with E-state index in [1.54, 1.807) is 29.6 Å². The predicted octanol–water partition coefficient (Wildman–Crippen LogP) is 2.98. The van der Waals surface area contributed by atoms with Gasteiger partial charge in [-0.3, -0.25) is 0 Å². The Morgan fingerprint density at radius 1 is 1.35 bits per heavy atom. The van der Waals surface area contributed by atoms with Crippen LogP contribution in [0.15, 0.2) is 43.2 Å². The van der Waals surface area contributed by atoms with Crippen molar-refractivity contribution in [3.05, 3.63) is 41.0 Å². The molecular formula is C16H15NO4S2. The summed E-state index contributed by atoms with van der Waals surface area (Å²) in [5.74, 6) is 1.36. The molecule has 120 valence electrons. The van der Waals surface area contributed by atoms with E-state index in [1.807, 2.05) is 0 Å². The van der Waals surface area contributed by atoms with Crippen molar-refractivity contribution >= 4 is 32.1 Å². The molecule has 0 saturated heterocycles. The van der Waals surface area contributed by atoms with E-state index in [1.165, 1.54) is 18.4 Å². The average Bonchev–Trinajstić information content (AvgIpc) is 3.22. The Morgan fingerprint density at radius 3 is 2.96 bits per heavy atom. The SMILES string of the molecule is COc1cc(S(=O)(=O)c2cccs2)cc2c3c(oc12)CCNC3. The minimum absolute atomic E-state index is 0.235. The summed E-state index contributed by atoms with van der Waals surface area (Å²) >= 11 is 1.21. The zero-order chi connectivity index (χ0) is 16.0.